The van der Waals surface area contributed by atoms with Gasteiger partial charge < -0.3 is 9.47 Å². The van der Waals surface area contributed by atoms with Crippen molar-refractivity contribution >= 4 is 11.8 Å². The van der Waals surface area contributed by atoms with E-state index in [1.165, 1.54) is 7.11 Å². The number of benzene rings is 2. The number of nitrogens with zero attached hydrogens (tertiary/aromatic N) is 4. The van der Waals surface area contributed by atoms with Crippen LogP contribution >= 0.6 is 0 Å². The molecule has 2 aromatic carbocycles. The van der Waals surface area contributed by atoms with Crippen LogP contribution in [-0.4, -0.2) is 34.2 Å². The highest BCUT2D eigenvalue weighted by Crippen LogP contribution is 2.44. The van der Waals surface area contributed by atoms with Crippen molar-refractivity contribution in [2.45, 2.75) is 25.8 Å². The molecule has 7 heteroatoms. The number of amides is 1. The Kier molecular flexibility index (Phi) is 4.73. The number of hydrogen-bond donors (Lipinski definition) is 0. The van der Waals surface area contributed by atoms with Crippen LogP contribution in [0.15, 0.2) is 48.7 Å². The maximum Gasteiger partial charge on any atom is 0.414 e. The van der Waals surface area contributed by atoms with Gasteiger partial charge in [-0.05, 0) is 44.0 Å². The van der Waals surface area contributed by atoms with E-state index < -0.39 is 0 Å². The lowest BCUT2D eigenvalue weighted by molar-refractivity contribution is 0.175. The highest BCUT2D eigenvalue weighted by molar-refractivity contribution is 5.92. The minimum absolute atomic E-state index is 0.0480. The minimum Gasteiger partial charge on any atom is -0.456 e. The lowest BCUT2D eigenvalue weighted by atomic mass is 9.93. The molecule has 1 aromatic heterocycles. The van der Waals surface area contributed by atoms with Gasteiger partial charge in [0.25, 0.3) is 0 Å². The van der Waals surface area contributed by atoms with Gasteiger partial charge in [0.2, 0.25) is 0 Å². The van der Waals surface area contributed by atoms with Crippen molar-refractivity contribution in [2.24, 2.45) is 7.05 Å². The average molecular weight is 378 g/mol. The summed E-state index contributed by atoms with van der Waals surface area (Å²) in [7, 11) is 3.23. The summed E-state index contributed by atoms with van der Waals surface area (Å²) < 4.78 is 13.0. The molecule has 1 aliphatic heterocycles. The first-order chi connectivity index (χ1) is 13.6. The highest BCUT2D eigenvalue weighted by atomic mass is 16.5. The Morgan fingerprint density at radius 1 is 1.18 bits per heavy atom. The molecule has 0 unspecified atom stereocenters. The van der Waals surface area contributed by atoms with E-state index in [1.807, 2.05) is 62.6 Å². The van der Waals surface area contributed by atoms with E-state index in [1.54, 1.807) is 9.58 Å². The quantitative estimate of drug-likeness (QED) is 0.684. The first-order valence-corrected chi connectivity index (χ1v) is 9.21. The fourth-order valence-electron chi connectivity index (χ4n) is 3.58. The Morgan fingerprint density at radius 2 is 1.96 bits per heavy atom. The number of hydrogen-bond acceptors (Lipinski definition) is 5. The van der Waals surface area contributed by atoms with Gasteiger partial charge in [0.15, 0.2) is 0 Å². The molecular formula is C21H22N4O3. The molecule has 0 saturated carbocycles. The third kappa shape index (κ3) is 3.19. The predicted octanol–water partition coefficient (Wildman–Crippen LogP) is 4.18. The van der Waals surface area contributed by atoms with Crippen LogP contribution in [0, 0.1) is 0 Å². The number of carbonyl (C=O) groups is 1. The molecule has 0 fully saturated rings. The van der Waals surface area contributed by atoms with E-state index in [-0.39, 0.29) is 12.1 Å². The topological polar surface area (TPSA) is 69.5 Å². The molecule has 28 heavy (non-hydrogen) atoms. The zero-order chi connectivity index (χ0) is 19.7. The minimum atomic E-state index is -0.369. The number of rotatable bonds is 3. The van der Waals surface area contributed by atoms with Crippen LogP contribution in [0.4, 0.5) is 10.5 Å². The molecule has 0 N–H and O–H groups in total. The molecule has 0 bridgehead atoms. The van der Waals surface area contributed by atoms with Crippen LogP contribution in [0.5, 0.6) is 11.5 Å². The van der Waals surface area contributed by atoms with Gasteiger partial charge in [0, 0.05) is 24.2 Å². The number of ether oxygens (including phenoxy) is 2. The Morgan fingerprint density at radius 3 is 2.64 bits per heavy atom. The van der Waals surface area contributed by atoms with Crippen LogP contribution in [0.2, 0.25) is 0 Å². The zero-order valence-corrected chi connectivity index (χ0v) is 16.1. The van der Waals surface area contributed by atoms with Crippen LogP contribution in [-0.2, 0) is 18.2 Å². The van der Waals surface area contributed by atoms with Gasteiger partial charge in [0.1, 0.15) is 17.2 Å². The summed E-state index contributed by atoms with van der Waals surface area (Å²) >= 11 is 0. The summed E-state index contributed by atoms with van der Waals surface area (Å²) in [4.78, 5) is 14.1. The first-order valence-electron chi connectivity index (χ1n) is 9.21. The number of anilines is 1. The molecule has 0 spiro atoms. The van der Waals surface area contributed by atoms with Gasteiger partial charge in [-0.15, -0.1) is 5.10 Å². The molecule has 0 radical (unpaired) electrons. The molecule has 1 aliphatic rings. The van der Waals surface area contributed by atoms with E-state index in [4.69, 9.17) is 9.47 Å². The molecule has 1 amide bonds. The summed E-state index contributed by atoms with van der Waals surface area (Å²) in [6, 6.07) is 13.5. The summed E-state index contributed by atoms with van der Waals surface area (Å²) in [5.74, 6) is 1.43. The number of carbonyl (C=O) groups excluding carboxylic acids is 1. The van der Waals surface area contributed by atoms with Crippen molar-refractivity contribution in [3.8, 4) is 22.8 Å². The van der Waals surface area contributed by atoms with E-state index in [2.05, 4.69) is 10.3 Å². The largest absolute Gasteiger partial charge is 0.456 e. The van der Waals surface area contributed by atoms with Crippen molar-refractivity contribution in [1.29, 1.82) is 0 Å². The number of aromatic nitrogens is 3. The van der Waals surface area contributed by atoms with E-state index in [9.17, 15) is 4.79 Å². The third-order valence-electron chi connectivity index (χ3n) is 4.96. The van der Waals surface area contributed by atoms with Crippen LogP contribution in [0.25, 0.3) is 11.3 Å². The predicted molar refractivity (Wildman–Crippen MR) is 106 cm³/mol. The van der Waals surface area contributed by atoms with Crippen molar-refractivity contribution in [2.75, 3.05) is 12.0 Å². The number of aryl methyl sites for hydroxylation is 1. The fourth-order valence-corrected chi connectivity index (χ4v) is 3.58. The maximum atomic E-state index is 12.4. The average Bonchev–Trinajstić information content (AvgIpc) is 3.14. The molecule has 2 heterocycles. The Bertz CT molecular complexity index is 1000. The molecule has 3 aromatic rings. The fraction of sp³-hybridized carbons (Fsp3) is 0.286. The number of fused-ring (bicyclic) bond motifs is 1. The Hall–Kier alpha value is -3.35. The van der Waals surface area contributed by atoms with Crippen molar-refractivity contribution in [3.05, 3.63) is 54.2 Å². The second-order valence-corrected chi connectivity index (χ2v) is 6.86. The van der Waals surface area contributed by atoms with Gasteiger partial charge in [0.05, 0.1) is 19.0 Å². The van der Waals surface area contributed by atoms with Gasteiger partial charge in [-0.2, -0.15) is 0 Å². The summed E-state index contributed by atoms with van der Waals surface area (Å²) in [6.45, 7) is 2.02. The number of para-hydroxylation sites is 1. The van der Waals surface area contributed by atoms with Gasteiger partial charge in [-0.25, -0.2) is 4.79 Å². The maximum absolute atomic E-state index is 12.4. The van der Waals surface area contributed by atoms with E-state index in [0.717, 1.165) is 41.1 Å². The number of methoxy groups -OCH3 is 1. The Labute approximate surface area is 163 Å². The summed E-state index contributed by atoms with van der Waals surface area (Å²) in [5, 5.41) is 8.30. The summed E-state index contributed by atoms with van der Waals surface area (Å²) in [6.07, 6.45) is 3.09. The van der Waals surface area contributed by atoms with Crippen LogP contribution in [0.3, 0.4) is 0 Å². The van der Waals surface area contributed by atoms with Gasteiger partial charge in [-0.1, -0.05) is 23.4 Å². The van der Waals surface area contributed by atoms with Crippen molar-refractivity contribution in [3.63, 3.8) is 0 Å². The van der Waals surface area contributed by atoms with E-state index >= 15 is 0 Å². The SMILES string of the molecule is COC(=O)N1c2ccc(-c3cn(C)nn3)c(Oc3ccccc3)c2CC[C@@H]1C. The van der Waals surface area contributed by atoms with Crippen LogP contribution in [0.1, 0.15) is 18.9 Å². The lowest BCUT2D eigenvalue weighted by Gasteiger charge is -2.35. The van der Waals surface area contributed by atoms with E-state index in [0.29, 0.717) is 5.75 Å². The summed E-state index contributed by atoms with van der Waals surface area (Å²) in [5.41, 5.74) is 3.34. The molecule has 0 saturated heterocycles. The lowest BCUT2D eigenvalue weighted by Crippen LogP contribution is -2.42. The van der Waals surface area contributed by atoms with Gasteiger partial charge >= 0.3 is 6.09 Å². The van der Waals surface area contributed by atoms with Crippen LogP contribution < -0.4 is 9.64 Å². The molecule has 4 rings (SSSR count). The second kappa shape index (κ2) is 7.34. The standard InChI is InChI=1S/C21H22N4O3/c1-14-9-10-17-19(25(14)21(26)27-3)12-11-16(18-13-24(2)23-22-18)20(17)28-15-7-5-4-6-8-15/h4-8,11-14H,9-10H2,1-3H3/t14-/m0/s1. The van der Waals surface area contributed by atoms with Gasteiger partial charge in [-0.3, -0.25) is 9.58 Å². The third-order valence-corrected chi connectivity index (χ3v) is 4.96. The molecule has 1 atom stereocenters. The molecule has 7 nitrogen and oxygen atoms in total. The first kappa shape index (κ1) is 18.0. The molecule has 0 aliphatic carbocycles. The molecular weight excluding hydrogens is 356 g/mol. The van der Waals surface area contributed by atoms with Crippen molar-refractivity contribution in [1.82, 2.24) is 15.0 Å². The smallest absolute Gasteiger partial charge is 0.414 e. The molecule has 144 valence electrons. The highest BCUT2D eigenvalue weighted by Gasteiger charge is 2.32. The van der Waals surface area contributed by atoms with Crippen molar-refractivity contribution < 1.29 is 14.3 Å². The Balaban J connectivity index is 1.88. The second-order valence-electron chi connectivity index (χ2n) is 6.86. The zero-order valence-electron chi connectivity index (χ0n) is 16.1. The normalized spacial score (nSPS) is 15.8. The monoisotopic (exact) mass is 378 g/mol.